The summed E-state index contributed by atoms with van der Waals surface area (Å²) in [5.74, 6) is -0.0701. The topological polar surface area (TPSA) is 84.7 Å². The molecule has 128 valence electrons. The SMILES string of the molecule is CCCCNC(=O)C1C2C(=O)N(c3cc(C)on3)CC23C=C[C@H]1O3. The van der Waals surface area contributed by atoms with Gasteiger partial charge in [0.2, 0.25) is 11.8 Å². The molecule has 1 N–H and O–H groups in total. The first-order chi connectivity index (χ1) is 11.6. The van der Waals surface area contributed by atoms with Crippen LogP contribution in [0.2, 0.25) is 0 Å². The molecule has 3 aliphatic rings. The number of unbranched alkanes of at least 4 members (excludes halogenated alkanes) is 1. The monoisotopic (exact) mass is 331 g/mol. The van der Waals surface area contributed by atoms with Crippen molar-refractivity contribution in [3.8, 4) is 0 Å². The van der Waals surface area contributed by atoms with Crippen molar-refractivity contribution in [2.24, 2.45) is 11.8 Å². The van der Waals surface area contributed by atoms with Crippen molar-refractivity contribution >= 4 is 17.6 Å². The standard InChI is InChI=1S/C17H21N3O4/c1-3-4-7-18-15(21)13-11-5-6-17(23-11)9-20(16(22)14(13)17)12-8-10(2)24-19-12/h5-6,8,11,13-14H,3-4,7,9H2,1-2H3,(H,18,21)/t11-,13?,14?,17?/m1/s1. The molecule has 7 heteroatoms. The lowest BCUT2D eigenvalue weighted by atomic mass is 9.77. The molecule has 4 atom stereocenters. The molecule has 4 heterocycles. The van der Waals surface area contributed by atoms with Gasteiger partial charge < -0.3 is 14.6 Å². The van der Waals surface area contributed by atoms with Crippen LogP contribution in [0.5, 0.6) is 0 Å². The van der Waals surface area contributed by atoms with Crippen LogP contribution < -0.4 is 10.2 Å². The zero-order valence-electron chi connectivity index (χ0n) is 13.8. The maximum atomic E-state index is 13.0. The summed E-state index contributed by atoms with van der Waals surface area (Å²) in [7, 11) is 0. The van der Waals surface area contributed by atoms with Gasteiger partial charge in [-0.15, -0.1) is 0 Å². The molecule has 1 aromatic rings. The molecule has 1 aromatic heterocycles. The largest absolute Gasteiger partial charge is 0.360 e. The highest BCUT2D eigenvalue weighted by molar-refractivity contribution is 6.02. The van der Waals surface area contributed by atoms with Crippen molar-refractivity contribution in [3.63, 3.8) is 0 Å². The van der Waals surface area contributed by atoms with E-state index in [2.05, 4.69) is 17.4 Å². The van der Waals surface area contributed by atoms with E-state index in [1.54, 1.807) is 17.9 Å². The predicted octanol–water partition coefficient (Wildman–Crippen LogP) is 1.19. The number of hydrogen-bond donors (Lipinski definition) is 1. The molecule has 24 heavy (non-hydrogen) atoms. The molecule has 7 nitrogen and oxygen atoms in total. The van der Waals surface area contributed by atoms with Gasteiger partial charge >= 0.3 is 0 Å². The number of hydrogen-bond acceptors (Lipinski definition) is 5. The average molecular weight is 331 g/mol. The number of aryl methyl sites for hydroxylation is 1. The Hall–Kier alpha value is -2.15. The number of fused-ring (bicyclic) bond motifs is 1. The number of aromatic nitrogens is 1. The minimum atomic E-state index is -0.721. The third kappa shape index (κ3) is 2.11. The van der Waals surface area contributed by atoms with E-state index in [-0.39, 0.29) is 17.9 Å². The van der Waals surface area contributed by atoms with Gasteiger partial charge in [-0.2, -0.15) is 0 Å². The number of anilines is 1. The molecule has 0 radical (unpaired) electrons. The van der Waals surface area contributed by atoms with Crippen molar-refractivity contribution in [3.05, 3.63) is 24.0 Å². The van der Waals surface area contributed by atoms with Crippen molar-refractivity contribution in [1.29, 1.82) is 0 Å². The van der Waals surface area contributed by atoms with E-state index in [9.17, 15) is 9.59 Å². The summed E-state index contributed by atoms with van der Waals surface area (Å²) in [6.45, 7) is 4.85. The molecule has 2 bridgehead atoms. The van der Waals surface area contributed by atoms with Crippen LogP contribution in [0.4, 0.5) is 5.82 Å². The van der Waals surface area contributed by atoms with E-state index in [0.717, 1.165) is 12.8 Å². The van der Waals surface area contributed by atoms with E-state index in [4.69, 9.17) is 9.26 Å². The Kier molecular flexibility index (Phi) is 3.49. The Balaban J connectivity index is 1.59. The van der Waals surface area contributed by atoms with Gasteiger partial charge in [-0.05, 0) is 13.3 Å². The Labute approximate surface area is 140 Å². The summed E-state index contributed by atoms with van der Waals surface area (Å²) >= 11 is 0. The van der Waals surface area contributed by atoms with Gasteiger partial charge in [-0.3, -0.25) is 14.5 Å². The molecule has 0 aromatic carbocycles. The fourth-order valence-corrected chi connectivity index (χ4v) is 3.98. The number of carbonyl (C=O) groups is 2. The van der Waals surface area contributed by atoms with Gasteiger partial charge in [0, 0.05) is 12.6 Å². The minimum Gasteiger partial charge on any atom is -0.360 e. The van der Waals surface area contributed by atoms with Crippen LogP contribution in [-0.4, -0.2) is 41.8 Å². The highest BCUT2D eigenvalue weighted by Crippen LogP contribution is 2.52. The molecule has 2 saturated heterocycles. The summed E-state index contributed by atoms with van der Waals surface area (Å²) in [5.41, 5.74) is -0.721. The van der Waals surface area contributed by atoms with E-state index in [1.165, 1.54) is 0 Å². The number of nitrogens with zero attached hydrogens (tertiary/aromatic N) is 2. The smallest absolute Gasteiger partial charge is 0.235 e. The van der Waals surface area contributed by atoms with Crippen LogP contribution >= 0.6 is 0 Å². The molecular weight excluding hydrogens is 310 g/mol. The maximum absolute atomic E-state index is 13.0. The zero-order chi connectivity index (χ0) is 16.9. The maximum Gasteiger partial charge on any atom is 0.235 e. The highest BCUT2D eigenvalue weighted by Gasteiger charge is 2.67. The Morgan fingerprint density at radius 1 is 1.54 bits per heavy atom. The molecule has 0 saturated carbocycles. The molecule has 1 spiro atoms. The summed E-state index contributed by atoms with van der Waals surface area (Å²) in [5, 5.41) is 6.88. The van der Waals surface area contributed by atoms with Crippen LogP contribution in [0, 0.1) is 18.8 Å². The van der Waals surface area contributed by atoms with Crippen molar-refractivity contribution in [1.82, 2.24) is 10.5 Å². The quantitative estimate of drug-likeness (QED) is 0.647. The Bertz CT molecular complexity index is 712. The summed E-state index contributed by atoms with van der Waals surface area (Å²) in [6.07, 6.45) is 5.46. The second kappa shape index (κ2) is 5.44. The minimum absolute atomic E-state index is 0.101. The van der Waals surface area contributed by atoms with Crippen molar-refractivity contribution in [2.75, 3.05) is 18.0 Å². The number of rotatable bonds is 5. The molecule has 3 unspecified atom stereocenters. The van der Waals surface area contributed by atoms with E-state index < -0.39 is 17.4 Å². The number of amides is 2. The lowest BCUT2D eigenvalue weighted by molar-refractivity contribution is -0.131. The van der Waals surface area contributed by atoms with Crippen LogP contribution in [0.15, 0.2) is 22.7 Å². The summed E-state index contributed by atoms with van der Waals surface area (Å²) < 4.78 is 11.1. The van der Waals surface area contributed by atoms with Gasteiger partial charge in [-0.1, -0.05) is 30.7 Å². The van der Waals surface area contributed by atoms with Gasteiger partial charge in [0.05, 0.1) is 24.5 Å². The third-order valence-electron chi connectivity index (χ3n) is 5.12. The lowest BCUT2D eigenvalue weighted by Gasteiger charge is -2.23. The average Bonchev–Trinajstić information content (AvgIpc) is 3.28. The van der Waals surface area contributed by atoms with E-state index in [1.807, 2.05) is 12.2 Å². The second-order valence-corrected chi connectivity index (χ2v) is 6.76. The fourth-order valence-electron chi connectivity index (χ4n) is 3.98. The number of ether oxygens (including phenoxy) is 1. The van der Waals surface area contributed by atoms with Crippen LogP contribution in [0.3, 0.4) is 0 Å². The van der Waals surface area contributed by atoms with Crippen LogP contribution in [-0.2, 0) is 14.3 Å². The molecule has 3 aliphatic heterocycles. The summed E-state index contributed by atoms with van der Waals surface area (Å²) in [4.78, 5) is 27.2. The molecule has 4 rings (SSSR count). The van der Waals surface area contributed by atoms with E-state index in [0.29, 0.717) is 24.7 Å². The predicted molar refractivity (Wildman–Crippen MR) is 85.2 cm³/mol. The Morgan fingerprint density at radius 3 is 3.08 bits per heavy atom. The van der Waals surface area contributed by atoms with Crippen LogP contribution in [0.1, 0.15) is 25.5 Å². The second-order valence-electron chi connectivity index (χ2n) is 6.76. The molecule has 2 amide bonds. The van der Waals surface area contributed by atoms with E-state index >= 15 is 0 Å². The zero-order valence-corrected chi connectivity index (χ0v) is 13.8. The molecular formula is C17H21N3O4. The Morgan fingerprint density at radius 2 is 2.38 bits per heavy atom. The fraction of sp³-hybridized carbons (Fsp3) is 0.588. The van der Waals surface area contributed by atoms with Crippen LogP contribution in [0.25, 0.3) is 0 Å². The van der Waals surface area contributed by atoms with Crippen molar-refractivity contribution < 1.29 is 18.8 Å². The van der Waals surface area contributed by atoms with Gasteiger partial charge in [0.15, 0.2) is 5.82 Å². The first-order valence-corrected chi connectivity index (χ1v) is 8.45. The highest BCUT2D eigenvalue weighted by atomic mass is 16.5. The summed E-state index contributed by atoms with van der Waals surface area (Å²) in [6, 6.07) is 1.72. The molecule has 0 aliphatic carbocycles. The number of carbonyl (C=O) groups excluding carboxylic acids is 2. The molecule has 2 fully saturated rings. The third-order valence-corrected chi connectivity index (χ3v) is 5.12. The van der Waals surface area contributed by atoms with Crippen molar-refractivity contribution in [2.45, 2.75) is 38.4 Å². The lowest BCUT2D eigenvalue weighted by Crippen LogP contribution is -2.44. The number of nitrogens with one attached hydrogen (secondary N) is 1. The van der Waals surface area contributed by atoms with Gasteiger partial charge in [-0.25, -0.2) is 0 Å². The normalized spacial score (nSPS) is 33.3. The van der Waals surface area contributed by atoms with Gasteiger partial charge in [0.25, 0.3) is 0 Å². The first-order valence-electron chi connectivity index (χ1n) is 8.45. The first kappa shape index (κ1) is 15.4. The van der Waals surface area contributed by atoms with Gasteiger partial charge in [0.1, 0.15) is 11.4 Å².